The van der Waals surface area contributed by atoms with E-state index in [0.717, 1.165) is 11.6 Å². The largest absolute Gasteiger partial charge is 0.444 e. The van der Waals surface area contributed by atoms with E-state index in [1.165, 1.54) is 12.1 Å². The van der Waals surface area contributed by atoms with Gasteiger partial charge in [-0.2, -0.15) is 0 Å². The van der Waals surface area contributed by atoms with Crippen molar-refractivity contribution in [2.45, 2.75) is 38.8 Å². The van der Waals surface area contributed by atoms with E-state index in [4.69, 9.17) is 4.74 Å². The number of hydrogen-bond donors (Lipinski definition) is 1. The summed E-state index contributed by atoms with van der Waals surface area (Å²) in [5, 5.41) is 13.5. The van der Waals surface area contributed by atoms with Crippen LogP contribution in [0.3, 0.4) is 0 Å². The van der Waals surface area contributed by atoms with Crippen LogP contribution in [-0.2, 0) is 11.2 Å². The van der Waals surface area contributed by atoms with Crippen LogP contribution in [0.25, 0.3) is 0 Å². The lowest BCUT2D eigenvalue weighted by atomic mass is 9.97. The van der Waals surface area contributed by atoms with Crippen molar-refractivity contribution in [3.8, 4) is 0 Å². The number of carbonyl (C=O) groups excluding carboxylic acids is 2. The van der Waals surface area contributed by atoms with Gasteiger partial charge < -0.3 is 10.1 Å². The fourth-order valence-electron chi connectivity index (χ4n) is 2.41. The van der Waals surface area contributed by atoms with Crippen LogP contribution in [0.2, 0.25) is 0 Å². The molecule has 2 aromatic carbocycles. The minimum Gasteiger partial charge on any atom is -0.444 e. The number of Topliss-reactive ketones (excluding diaryl/α,β-unsaturated/α-hetero) is 1. The maximum absolute atomic E-state index is 12.9. The first-order chi connectivity index (χ1) is 12.7. The van der Waals surface area contributed by atoms with Crippen LogP contribution >= 0.6 is 0 Å². The quantitative estimate of drug-likeness (QED) is 0.475. The van der Waals surface area contributed by atoms with Gasteiger partial charge in [-0.1, -0.05) is 30.3 Å². The zero-order valence-corrected chi connectivity index (χ0v) is 15.4. The second-order valence-corrected chi connectivity index (χ2v) is 6.97. The Morgan fingerprint density at radius 1 is 1.22 bits per heavy atom. The van der Waals surface area contributed by atoms with Gasteiger partial charge in [-0.15, -0.1) is 0 Å². The lowest BCUT2D eigenvalue weighted by molar-refractivity contribution is -0.384. The number of hydrogen-bond acceptors (Lipinski definition) is 5. The van der Waals surface area contributed by atoms with E-state index in [0.29, 0.717) is 0 Å². The van der Waals surface area contributed by atoms with Gasteiger partial charge in [-0.25, -0.2) is 4.79 Å². The highest BCUT2D eigenvalue weighted by Gasteiger charge is 2.26. The van der Waals surface area contributed by atoms with E-state index in [1.807, 2.05) is 30.3 Å². The van der Waals surface area contributed by atoms with Gasteiger partial charge in [-0.3, -0.25) is 14.9 Å². The van der Waals surface area contributed by atoms with Gasteiger partial charge in [0, 0.05) is 24.1 Å². The molecule has 0 aliphatic carbocycles. The Labute approximate surface area is 157 Å². The highest BCUT2D eigenvalue weighted by Crippen LogP contribution is 2.16. The Hall–Kier alpha value is -3.22. The van der Waals surface area contributed by atoms with Crippen molar-refractivity contribution >= 4 is 17.6 Å². The standard InChI is InChI=1S/C20H21N2O5/c1-20(2,3)27-19(24)21-17(12-14-8-5-4-6-9-14)18(23)15-10-7-11-16(13-15)22(25)26/h4-9,11,13,17H,12H2,1-3H3,(H,21,24)/t17-/m0/s1. The summed E-state index contributed by atoms with van der Waals surface area (Å²) in [4.78, 5) is 35.4. The number of nitrogens with one attached hydrogen (secondary N) is 1. The van der Waals surface area contributed by atoms with Crippen LogP contribution in [-0.4, -0.2) is 28.4 Å². The Kier molecular flexibility index (Phi) is 6.28. The van der Waals surface area contributed by atoms with Gasteiger partial charge in [0.25, 0.3) is 5.69 Å². The van der Waals surface area contributed by atoms with Gasteiger partial charge in [-0.05, 0) is 38.5 Å². The van der Waals surface area contributed by atoms with Crippen molar-refractivity contribution in [3.05, 3.63) is 75.8 Å². The lowest BCUT2D eigenvalue weighted by Crippen LogP contribution is -2.44. The molecule has 141 valence electrons. The average Bonchev–Trinajstić information content (AvgIpc) is 2.60. The molecule has 0 fully saturated rings. The smallest absolute Gasteiger partial charge is 0.408 e. The van der Waals surface area contributed by atoms with E-state index < -0.39 is 28.4 Å². The van der Waals surface area contributed by atoms with E-state index in [-0.39, 0.29) is 17.7 Å². The summed E-state index contributed by atoms with van der Waals surface area (Å²) < 4.78 is 5.23. The second-order valence-electron chi connectivity index (χ2n) is 6.97. The first kappa shape index (κ1) is 20.1. The molecule has 0 bridgehead atoms. The fraction of sp³-hybridized carbons (Fsp3) is 0.300. The van der Waals surface area contributed by atoms with Crippen LogP contribution in [0.1, 0.15) is 36.7 Å². The van der Waals surface area contributed by atoms with E-state index in [2.05, 4.69) is 11.4 Å². The predicted molar refractivity (Wildman–Crippen MR) is 99.6 cm³/mol. The molecule has 0 unspecified atom stereocenters. The normalized spacial score (nSPS) is 12.1. The third-order valence-corrected chi connectivity index (χ3v) is 3.55. The minimum absolute atomic E-state index is 0.0289. The third-order valence-electron chi connectivity index (χ3n) is 3.55. The zero-order chi connectivity index (χ0) is 20.0. The summed E-state index contributed by atoms with van der Waals surface area (Å²) >= 11 is 0. The Bertz CT molecular complexity index is 828. The molecule has 27 heavy (non-hydrogen) atoms. The molecule has 7 heteroatoms. The maximum atomic E-state index is 12.9. The molecule has 1 radical (unpaired) electrons. The number of ether oxygens (including phenoxy) is 1. The van der Waals surface area contributed by atoms with E-state index in [1.54, 1.807) is 20.8 Å². The van der Waals surface area contributed by atoms with Crippen molar-refractivity contribution in [1.29, 1.82) is 0 Å². The monoisotopic (exact) mass is 369 g/mol. The number of benzene rings is 2. The summed E-state index contributed by atoms with van der Waals surface area (Å²) in [6.07, 6.45) is -0.516. The van der Waals surface area contributed by atoms with Gasteiger partial charge in [0.1, 0.15) is 5.60 Å². The second kappa shape index (κ2) is 8.44. The minimum atomic E-state index is -0.944. The number of carbonyl (C=O) groups is 2. The number of rotatable bonds is 6. The summed E-state index contributed by atoms with van der Waals surface area (Å²) in [6, 6.07) is 14.6. The molecule has 2 aromatic rings. The van der Waals surface area contributed by atoms with Gasteiger partial charge in [0.2, 0.25) is 0 Å². The van der Waals surface area contributed by atoms with E-state index in [9.17, 15) is 19.7 Å². The molecule has 1 N–H and O–H groups in total. The highest BCUT2D eigenvalue weighted by atomic mass is 16.6. The predicted octanol–water partition coefficient (Wildman–Crippen LogP) is 3.71. The molecular weight excluding hydrogens is 348 g/mol. The molecule has 0 saturated carbocycles. The SMILES string of the molecule is CC(C)(C)OC(=O)N[C@@H](Cc1ccccc1)C(=O)c1[c]ccc([N+](=O)[O-])c1. The number of nitro groups is 1. The first-order valence-corrected chi connectivity index (χ1v) is 8.39. The molecule has 1 amide bonds. The lowest BCUT2D eigenvalue weighted by Gasteiger charge is -2.23. The van der Waals surface area contributed by atoms with Crippen LogP contribution in [0.15, 0.2) is 48.5 Å². The number of ketones is 1. The first-order valence-electron chi connectivity index (χ1n) is 8.39. The zero-order valence-electron chi connectivity index (χ0n) is 15.4. The van der Waals surface area contributed by atoms with Crippen molar-refractivity contribution in [2.24, 2.45) is 0 Å². The van der Waals surface area contributed by atoms with Gasteiger partial charge in [0.05, 0.1) is 11.0 Å². The van der Waals surface area contributed by atoms with Crippen LogP contribution in [0.5, 0.6) is 0 Å². The molecule has 0 spiro atoms. The summed E-state index contributed by atoms with van der Waals surface area (Å²) in [7, 11) is 0. The number of amides is 1. The van der Waals surface area contributed by atoms with E-state index >= 15 is 0 Å². The molecule has 7 nitrogen and oxygen atoms in total. The van der Waals surface area contributed by atoms with Crippen molar-refractivity contribution in [1.82, 2.24) is 5.32 Å². The van der Waals surface area contributed by atoms with Gasteiger partial charge in [0.15, 0.2) is 5.78 Å². The Morgan fingerprint density at radius 2 is 1.89 bits per heavy atom. The average molecular weight is 369 g/mol. The van der Waals surface area contributed by atoms with Crippen molar-refractivity contribution < 1.29 is 19.2 Å². The summed E-state index contributed by atoms with van der Waals surface area (Å²) in [6.45, 7) is 5.15. The number of nitrogens with zero attached hydrogens (tertiary/aromatic N) is 1. The third kappa shape index (κ3) is 6.22. The Balaban J connectivity index is 2.27. The molecule has 0 aromatic heterocycles. The van der Waals surface area contributed by atoms with Crippen molar-refractivity contribution in [2.75, 3.05) is 0 Å². The number of nitro benzene ring substituents is 1. The molecule has 0 saturated heterocycles. The topological polar surface area (TPSA) is 98.5 Å². The summed E-state index contributed by atoms with van der Waals surface area (Å²) in [5.41, 5.74) is -0.0754. The van der Waals surface area contributed by atoms with Gasteiger partial charge >= 0.3 is 6.09 Å². The van der Waals surface area contributed by atoms with Crippen molar-refractivity contribution in [3.63, 3.8) is 0 Å². The molecule has 0 aliphatic heterocycles. The van der Waals surface area contributed by atoms with Crippen LogP contribution in [0, 0.1) is 16.2 Å². The molecule has 0 aliphatic rings. The Morgan fingerprint density at radius 3 is 2.48 bits per heavy atom. The van der Waals surface area contributed by atoms with Crippen LogP contribution in [0.4, 0.5) is 10.5 Å². The number of alkyl carbamates (subject to hydrolysis) is 1. The number of non-ortho nitro benzene ring substituents is 1. The maximum Gasteiger partial charge on any atom is 0.408 e. The molecule has 1 atom stereocenters. The molecular formula is C20H21N2O5. The molecule has 0 heterocycles. The highest BCUT2D eigenvalue weighted by molar-refractivity contribution is 6.01. The molecule has 2 rings (SSSR count). The van der Waals surface area contributed by atoms with Crippen LogP contribution < -0.4 is 5.32 Å². The summed E-state index contributed by atoms with van der Waals surface area (Å²) in [5.74, 6) is -0.478. The fourth-order valence-corrected chi connectivity index (χ4v) is 2.41.